The topological polar surface area (TPSA) is 23.5 Å². The Labute approximate surface area is 145 Å². The summed E-state index contributed by atoms with van der Waals surface area (Å²) in [5.41, 5.74) is 4.89. The van der Waals surface area contributed by atoms with Crippen LogP contribution in [0.1, 0.15) is 48.8 Å². The number of rotatable bonds is 2. The van der Waals surface area contributed by atoms with Crippen LogP contribution in [0.5, 0.6) is 0 Å². The average molecular weight is 323 g/mol. The van der Waals surface area contributed by atoms with E-state index in [2.05, 4.69) is 30.0 Å². The van der Waals surface area contributed by atoms with Gasteiger partial charge in [-0.05, 0) is 86.8 Å². The third-order valence-electron chi connectivity index (χ3n) is 8.21. The smallest absolute Gasteiger partial charge is 0.0579 e. The molecule has 1 saturated heterocycles. The Morgan fingerprint density at radius 2 is 2.12 bits per heavy atom. The molecule has 6 atom stereocenters. The van der Waals surface area contributed by atoms with E-state index in [1.54, 1.807) is 11.1 Å². The number of aliphatic hydroxyl groups is 1. The Morgan fingerprint density at radius 1 is 1.25 bits per heavy atom. The molecular formula is C22H29NO. The Morgan fingerprint density at radius 3 is 2.96 bits per heavy atom. The lowest BCUT2D eigenvalue weighted by molar-refractivity contribution is -0.0559. The SMILES string of the molecule is Cc1ccc2c(c1)[C@]13CCN(CC4CC4)C(C2)C1C1CC1C(O)C3. The Bertz CT molecular complexity index is 695. The van der Waals surface area contributed by atoms with Crippen molar-refractivity contribution in [3.05, 3.63) is 34.9 Å². The van der Waals surface area contributed by atoms with Gasteiger partial charge >= 0.3 is 0 Å². The Hall–Kier alpha value is -0.860. The number of nitrogens with zero attached hydrogens (tertiary/aromatic N) is 1. The first-order valence-electron chi connectivity index (χ1n) is 10.2. The number of piperidine rings is 1. The molecule has 1 aliphatic heterocycles. The van der Waals surface area contributed by atoms with Gasteiger partial charge < -0.3 is 5.11 Å². The number of benzene rings is 1. The number of fused-ring (bicyclic) bond motifs is 2. The van der Waals surface area contributed by atoms with Crippen LogP contribution >= 0.6 is 0 Å². The minimum atomic E-state index is -0.0478. The molecule has 1 N–H and O–H groups in total. The first-order valence-corrected chi connectivity index (χ1v) is 10.2. The molecule has 5 unspecified atom stereocenters. The number of hydrogen-bond donors (Lipinski definition) is 1. The van der Waals surface area contributed by atoms with E-state index < -0.39 is 0 Å². The van der Waals surface area contributed by atoms with Gasteiger partial charge in [0.15, 0.2) is 0 Å². The quantitative estimate of drug-likeness (QED) is 0.903. The molecule has 0 radical (unpaired) electrons. The summed E-state index contributed by atoms with van der Waals surface area (Å²) in [6.07, 6.45) is 7.73. The summed E-state index contributed by atoms with van der Waals surface area (Å²) in [7, 11) is 0. The van der Waals surface area contributed by atoms with Crippen molar-refractivity contribution in [1.29, 1.82) is 0 Å². The second-order valence-electron chi connectivity index (χ2n) is 9.64. The molecule has 0 spiro atoms. The average Bonchev–Trinajstić information content (AvgIpc) is 3.44. The van der Waals surface area contributed by atoms with Gasteiger partial charge in [-0.25, -0.2) is 0 Å². The van der Waals surface area contributed by atoms with Crippen molar-refractivity contribution in [2.75, 3.05) is 13.1 Å². The molecule has 3 saturated carbocycles. The highest BCUT2D eigenvalue weighted by atomic mass is 16.3. The van der Waals surface area contributed by atoms with Gasteiger partial charge in [0.05, 0.1) is 6.10 Å². The minimum Gasteiger partial charge on any atom is -0.393 e. The number of hydrogen-bond acceptors (Lipinski definition) is 2. The maximum absolute atomic E-state index is 10.8. The Kier molecular flexibility index (Phi) is 2.77. The third-order valence-corrected chi connectivity index (χ3v) is 8.21. The fourth-order valence-electron chi connectivity index (χ4n) is 6.92. The fraction of sp³-hybridized carbons (Fsp3) is 0.727. The molecule has 1 aromatic rings. The van der Waals surface area contributed by atoms with E-state index in [9.17, 15) is 5.11 Å². The van der Waals surface area contributed by atoms with Gasteiger partial charge in [0, 0.05) is 18.0 Å². The van der Waals surface area contributed by atoms with Crippen LogP contribution in [0.25, 0.3) is 0 Å². The number of aliphatic hydroxyl groups excluding tert-OH is 1. The lowest BCUT2D eigenvalue weighted by atomic mass is 9.51. The van der Waals surface area contributed by atoms with E-state index in [1.165, 1.54) is 50.8 Å². The molecule has 4 fully saturated rings. The van der Waals surface area contributed by atoms with Crippen molar-refractivity contribution < 1.29 is 5.11 Å². The lowest BCUT2D eigenvalue weighted by Gasteiger charge is -2.60. The molecule has 1 aromatic carbocycles. The second kappa shape index (κ2) is 4.65. The van der Waals surface area contributed by atoms with Crippen LogP contribution in [-0.4, -0.2) is 35.2 Å². The molecular weight excluding hydrogens is 294 g/mol. The highest BCUT2D eigenvalue weighted by Gasteiger charge is 2.66. The van der Waals surface area contributed by atoms with Crippen molar-refractivity contribution in [2.45, 2.75) is 63.0 Å². The monoisotopic (exact) mass is 323 g/mol. The predicted octanol–water partition coefficient (Wildman–Crippen LogP) is 3.29. The normalized spacial score (nSPS) is 46.0. The fourth-order valence-corrected chi connectivity index (χ4v) is 6.92. The highest BCUT2D eigenvalue weighted by molar-refractivity contribution is 5.45. The zero-order valence-corrected chi connectivity index (χ0v) is 14.7. The van der Waals surface area contributed by atoms with Crippen molar-refractivity contribution in [2.24, 2.45) is 23.7 Å². The van der Waals surface area contributed by atoms with E-state index >= 15 is 0 Å². The molecule has 4 aliphatic carbocycles. The third kappa shape index (κ3) is 1.85. The first-order chi connectivity index (χ1) is 11.7. The summed E-state index contributed by atoms with van der Waals surface area (Å²) in [5.74, 6) is 3.22. The van der Waals surface area contributed by atoms with Crippen LogP contribution in [0.15, 0.2) is 18.2 Å². The molecule has 24 heavy (non-hydrogen) atoms. The largest absolute Gasteiger partial charge is 0.393 e. The van der Waals surface area contributed by atoms with Crippen LogP contribution in [0.4, 0.5) is 0 Å². The van der Waals surface area contributed by atoms with E-state index in [0.717, 1.165) is 30.2 Å². The van der Waals surface area contributed by atoms with Crippen molar-refractivity contribution >= 4 is 0 Å². The molecule has 2 heteroatoms. The maximum Gasteiger partial charge on any atom is 0.0579 e. The van der Waals surface area contributed by atoms with Gasteiger partial charge in [-0.2, -0.15) is 0 Å². The van der Waals surface area contributed by atoms with Crippen LogP contribution in [0.3, 0.4) is 0 Å². The molecule has 6 rings (SSSR count). The van der Waals surface area contributed by atoms with E-state index in [-0.39, 0.29) is 11.5 Å². The van der Waals surface area contributed by atoms with Crippen LogP contribution in [0.2, 0.25) is 0 Å². The molecule has 128 valence electrons. The molecule has 5 aliphatic rings. The van der Waals surface area contributed by atoms with Gasteiger partial charge in [-0.3, -0.25) is 4.90 Å². The van der Waals surface area contributed by atoms with Crippen LogP contribution in [-0.2, 0) is 11.8 Å². The summed E-state index contributed by atoms with van der Waals surface area (Å²) in [6.45, 7) is 4.84. The van der Waals surface area contributed by atoms with E-state index in [0.29, 0.717) is 5.92 Å². The second-order valence-corrected chi connectivity index (χ2v) is 9.64. The molecule has 1 heterocycles. The van der Waals surface area contributed by atoms with Gasteiger partial charge in [-0.1, -0.05) is 23.8 Å². The van der Waals surface area contributed by atoms with Crippen molar-refractivity contribution in [3.63, 3.8) is 0 Å². The van der Waals surface area contributed by atoms with Crippen LogP contribution in [0, 0.1) is 30.6 Å². The minimum absolute atomic E-state index is 0.0478. The summed E-state index contributed by atoms with van der Waals surface area (Å²) in [4.78, 5) is 2.87. The van der Waals surface area contributed by atoms with Crippen molar-refractivity contribution in [3.8, 4) is 0 Å². The zero-order chi connectivity index (χ0) is 16.1. The highest BCUT2D eigenvalue weighted by Crippen LogP contribution is 2.66. The lowest BCUT2D eigenvalue weighted by Crippen LogP contribution is -2.63. The summed E-state index contributed by atoms with van der Waals surface area (Å²) >= 11 is 0. The summed E-state index contributed by atoms with van der Waals surface area (Å²) in [5, 5.41) is 10.8. The zero-order valence-electron chi connectivity index (χ0n) is 14.7. The first kappa shape index (κ1) is 14.3. The molecule has 2 nitrogen and oxygen atoms in total. The molecule has 0 aromatic heterocycles. The van der Waals surface area contributed by atoms with E-state index in [4.69, 9.17) is 0 Å². The predicted molar refractivity (Wildman–Crippen MR) is 95.0 cm³/mol. The van der Waals surface area contributed by atoms with Gasteiger partial charge in [0.25, 0.3) is 0 Å². The Balaban J connectivity index is 1.48. The molecule has 0 amide bonds. The van der Waals surface area contributed by atoms with Gasteiger partial charge in [0.1, 0.15) is 0 Å². The summed E-state index contributed by atoms with van der Waals surface area (Å²) in [6, 6.07) is 7.93. The molecule has 2 bridgehead atoms. The number of aryl methyl sites for hydroxylation is 1. The van der Waals surface area contributed by atoms with Gasteiger partial charge in [-0.15, -0.1) is 0 Å². The standard InChI is InChI=1S/C22H29NO/c1-13-2-5-15-9-19-21-17-10-16(17)20(24)11-22(21,18(15)8-13)6-7-23(19)12-14-3-4-14/h2,5,8,14,16-17,19-21,24H,3-4,6-7,9-12H2,1H3/t16?,17?,19?,20?,21?,22-/m1/s1. The van der Waals surface area contributed by atoms with Gasteiger partial charge in [0.2, 0.25) is 0 Å². The maximum atomic E-state index is 10.8. The number of likely N-dealkylation sites (tertiary alicyclic amines) is 1. The van der Waals surface area contributed by atoms with E-state index in [1.807, 2.05) is 0 Å². The van der Waals surface area contributed by atoms with Crippen LogP contribution < -0.4 is 0 Å². The summed E-state index contributed by atoms with van der Waals surface area (Å²) < 4.78 is 0. The van der Waals surface area contributed by atoms with Crippen molar-refractivity contribution in [1.82, 2.24) is 4.90 Å².